The van der Waals surface area contributed by atoms with Gasteiger partial charge in [-0.05, 0) is 79.7 Å². The maximum absolute atomic E-state index is 13.1. The van der Waals surface area contributed by atoms with Crippen LogP contribution in [0.4, 0.5) is 23.7 Å². The highest BCUT2D eigenvalue weighted by Gasteiger charge is 2.37. The lowest BCUT2D eigenvalue weighted by atomic mass is 10.1. The third-order valence-electron chi connectivity index (χ3n) is 5.89. The van der Waals surface area contributed by atoms with E-state index in [-0.39, 0.29) is 16.3 Å². The smallest absolute Gasteiger partial charge is 0.416 e. The van der Waals surface area contributed by atoms with Crippen molar-refractivity contribution < 1.29 is 32.3 Å². The molecule has 0 unspecified atom stereocenters. The third kappa shape index (κ3) is 5.95. The van der Waals surface area contributed by atoms with Crippen LogP contribution in [0.25, 0.3) is 11.8 Å². The molecule has 39 heavy (non-hydrogen) atoms. The van der Waals surface area contributed by atoms with Gasteiger partial charge in [0.05, 0.1) is 33.3 Å². The normalized spacial score (nSPS) is 14.9. The van der Waals surface area contributed by atoms with Gasteiger partial charge in [-0.1, -0.05) is 23.2 Å². The minimum Gasteiger partial charge on any atom is -0.495 e. The van der Waals surface area contributed by atoms with Crippen LogP contribution < -0.4 is 10.1 Å². The molecule has 3 amide bonds. The van der Waals surface area contributed by atoms with Crippen molar-refractivity contribution in [3.63, 3.8) is 0 Å². The van der Waals surface area contributed by atoms with Crippen molar-refractivity contribution >= 4 is 63.8 Å². The fourth-order valence-electron chi connectivity index (χ4n) is 4.05. The summed E-state index contributed by atoms with van der Waals surface area (Å²) in [4.78, 5) is 39.0. The minimum atomic E-state index is -4.64. The number of ether oxygens (including phenoxy) is 1. The Bertz CT molecular complexity index is 1540. The quantitative estimate of drug-likeness (QED) is 0.306. The molecule has 1 aliphatic rings. The first-order valence-electron chi connectivity index (χ1n) is 11.2. The van der Waals surface area contributed by atoms with Crippen LogP contribution in [0.5, 0.6) is 5.75 Å². The van der Waals surface area contributed by atoms with Crippen LogP contribution >= 0.6 is 35.0 Å². The molecule has 7 nitrogen and oxygen atoms in total. The first-order valence-corrected chi connectivity index (χ1v) is 12.8. The summed E-state index contributed by atoms with van der Waals surface area (Å²) in [5, 5.41) is 2.40. The largest absolute Gasteiger partial charge is 0.495 e. The number of rotatable bonds is 6. The third-order valence-corrected chi connectivity index (χ3v) is 7.54. The van der Waals surface area contributed by atoms with Crippen molar-refractivity contribution in [2.24, 2.45) is 0 Å². The van der Waals surface area contributed by atoms with E-state index in [1.807, 2.05) is 24.5 Å². The van der Waals surface area contributed by atoms with Crippen molar-refractivity contribution in [2.75, 3.05) is 19.0 Å². The van der Waals surface area contributed by atoms with Crippen LogP contribution in [0.3, 0.4) is 0 Å². The Morgan fingerprint density at radius 3 is 2.44 bits per heavy atom. The molecule has 3 aromatic rings. The van der Waals surface area contributed by atoms with E-state index >= 15 is 0 Å². The molecule has 1 aliphatic heterocycles. The zero-order valence-corrected chi connectivity index (χ0v) is 23.0. The van der Waals surface area contributed by atoms with Crippen molar-refractivity contribution in [1.82, 2.24) is 9.47 Å². The van der Waals surface area contributed by atoms with Gasteiger partial charge >= 0.3 is 6.18 Å². The Balaban J connectivity index is 1.54. The Morgan fingerprint density at radius 1 is 1.08 bits per heavy atom. The molecule has 0 spiro atoms. The molecular weight excluding hydrogens is 578 g/mol. The molecule has 0 aliphatic carbocycles. The number of thioether (sulfide) groups is 1. The fraction of sp³-hybridized carbons (Fsp3) is 0.192. The van der Waals surface area contributed by atoms with E-state index in [9.17, 15) is 27.6 Å². The van der Waals surface area contributed by atoms with E-state index in [1.165, 1.54) is 7.11 Å². The van der Waals surface area contributed by atoms with Gasteiger partial charge in [-0.25, -0.2) is 0 Å². The standard InChI is InChI=1S/C26H20Cl2F3N3O4S/c1-13-8-15(14(2)34(13)17-5-6-18(27)19(28)11-17)9-22-24(36)33(25(37)39-22)12-23(35)32-20-10-16(26(29,30)31)4-7-21(20)38-3/h4-11H,12H2,1-3H3,(H,32,35)/b22-9-. The molecule has 1 fully saturated rings. The van der Waals surface area contributed by atoms with Crippen LogP contribution in [0.2, 0.25) is 10.0 Å². The van der Waals surface area contributed by atoms with Gasteiger partial charge in [0.25, 0.3) is 11.1 Å². The van der Waals surface area contributed by atoms with Gasteiger partial charge in [-0.2, -0.15) is 13.2 Å². The first-order chi connectivity index (χ1) is 18.3. The van der Waals surface area contributed by atoms with Crippen molar-refractivity contribution in [3.8, 4) is 11.4 Å². The SMILES string of the molecule is COc1ccc(C(F)(F)F)cc1NC(=O)CN1C(=O)S/C(=C\c2cc(C)n(-c3ccc(Cl)c(Cl)c3)c2C)C1=O. The van der Waals surface area contributed by atoms with Crippen LogP contribution in [-0.2, 0) is 15.8 Å². The molecule has 1 aromatic heterocycles. The molecule has 1 N–H and O–H groups in total. The van der Waals surface area contributed by atoms with Gasteiger partial charge < -0.3 is 14.6 Å². The number of nitrogens with one attached hydrogen (secondary N) is 1. The zero-order valence-electron chi connectivity index (χ0n) is 20.7. The van der Waals surface area contributed by atoms with Gasteiger partial charge in [0, 0.05) is 17.1 Å². The second-order valence-electron chi connectivity index (χ2n) is 8.49. The number of nitrogens with zero attached hydrogens (tertiary/aromatic N) is 2. The number of anilines is 1. The van der Waals surface area contributed by atoms with Gasteiger partial charge in [-0.15, -0.1) is 0 Å². The molecule has 0 atom stereocenters. The van der Waals surface area contributed by atoms with E-state index in [1.54, 1.807) is 24.3 Å². The molecule has 0 bridgehead atoms. The monoisotopic (exact) mass is 597 g/mol. The molecule has 0 saturated carbocycles. The van der Waals surface area contributed by atoms with Gasteiger partial charge in [0.2, 0.25) is 5.91 Å². The van der Waals surface area contributed by atoms with Crippen LogP contribution in [-0.4, -0.2) is 40.2 Å². The summed E-state index contributed by atoms with van der Waals surface area (Å²) in [5.74, 6) is -1.58. The van der Waals surface area contributed by atoms with Crippen LogP contribution in [0.1, 0.15) is 22.5 Å². The summed E-state index contributed by atoms with van der Waals surface area (Å²) in [6.07, 6.45) is -3.09. The number of alkyl halides is 3. The number of hydrogen-bond donors (Lipinski definition) is 1. The van der Waals surface area contributed by atoms with Crippen molar-refractivity contribution in [1.29, 1.82) is 0 Å². The summed E-state index contributed by atoms with van der Waals surface area (Å²) in [5.41, 5.74) is 1.80. The van der Waals surface area contributed by atoms with E-state index in [0.29, 0.717) is 33.4 Å². The van der Waals surface area contributed by atoms with Crippen LogP contribution in [0, 0.1) is 13.8 Å². The predicted octanol–water partition coefficient (Wildman–Crippen LogP) is 7.10. The van der Waals surface area contributed by atoms with E-state index in [0.717, 1.165) is 34.1 Å². The summed E-state index contributed by atoms with van der Waals surface area (Å²) in [7, 11) is 1.23. The summed E-state index contributed by atoms with van der Waals surface area (Å²) < 4.78 is 46.2. The first kappa shape index (κ1) is 28.6. The maximum atomic E-state index is 13.1. The Morgan fingerprint density at radius 2 is 1.79 bits per heavy atom. The fourth-order valence-corrected chi connectivity index (χ4v) is 5.17. The average Bonchev–Trinajstić information content (AvgIpc) is 3.29. The number of amides is 3. The van der Waals surface area contributed by atoms with Gasteiger partial charge in [0.15, 0.2) is 0 Å². The van der Waals surface area contributed by atoms with Crippen molar-refractivity contribution in [3.05, 3.63) is 79.9 Å². The number of imide groups is 1. The molecule has 2 aromatic carbocycles. The molecule has 1 saturated heterocycles. The summed E-state index contributed by atoms with van der Waals surface area (Å²) >= 11 is 12.8. The molecule has 13 heteroatoms. The highest BCUT2D eigenvalue weighted by molar-refractivity contribution is 8.18. The Kier molecular flexibility index (Phi) is 8.06. The lowest BCUT2D eigenvalue weighted by Crippen LogP contribution is -2.36. The van der Waals surface area contributed by atoms with Crippen molar-refractivity contribution in [2.45, 2.75) is 20.0 Å². The highest BCUT2D eigenvalue weighted by atomic mass is 35.5. The lowest BCUT2D eigenvalue weighted by molar-refractivity contribution is -0.137. The predicted molar refractivity (Wildman–Crippen MR) is 145 cm³/mol. The van der Waals surface area contributed by atoms with E-state index in [4.69, 9.17) is 27.9 Å². The second kappa shape index (κ2) is 11.0. The number of methoxy groups -OCH3 is 1. The average molecular weight is 598 g/mol. The Labute approximate surface area is 235 Å². The van der Waals surface area contributed by atoms with Crippen LogP contribution in [0.15, 0.2) is 47.4 Å². The molecule has 0 radical (unpaired) electrons. The zero-order chi connectivity index (χ0) is 28.6. The number of carbonyl (C=O) groups is 3. The topological polar surface area (TPSA) is 80.6 Å². The molecule has 204 valence electrons. The summed E-state index contributed by atoms with van der Waals surface area (Å²) in [6.45, 7) is 3.01. The Hall–Kier alpha value is -3.41. The number of halogens is 5. The van der Waals surface area contributed by atoms with Gasteiger partial charge in [-0.3, -0.25) is 19.3 Å². The van der Waals surface area contributed by atoms with E-state index in [2.05, 4.69) is 5.32 Å². The molecule has 2 heterocycles. The maximum Gasteiger partial charge on any atom is 0.416 e. The number of aromatic nitrogens is 1. The minimum absolute atomic E-state index is 0.0114. The molecular formula is C26H20Cl2F3N3O4S. The molecule has 4 rings (SSSR count). The second-order valence-corrected chi connectivity index (χ2v) is 10.3. The number of carbonyl (C=O) groups excluding carboxylic acids is 3. The lowest BCUT2D eigenvalue weighted by Gasteiger charge is -2.16. The number of aryl methyl sites for hydroxylation is 1. The number of hydrogen-bond acceptors (Lipinski definition) is 5. The summed E-state index contributed by atoms with van der Waals surface area (Å²) in [6, 6.07) is 9.60. The van der Waals surface area contributed by atoms with E-state index < -0.39 is 35.3 Å². The highest BCUT2D eigenvalue weighted by Crippen LogP contribution is 2.36. The van der Waals surface area contributed by atoms with Gasteiger partial charge in [0.1, 0.15) is 12.3 Å². The number of benzene rings is 2.